The van der Waals surface area contributed by atoms with Gasteiger partial charge in [0.15, 0.2) is 0 Å². The minimum Gasteiger partial charge on any atom is -0.494 e. The molecule has 104 valence electrons. The van der Waals surface area contributed by atoms with Crippen LogP contribution in [0.4, 0.5) is 5.69 Å². The molecule has 1 aromatic carbocycles. The molecule has 4 nitrogen and oxygen atoms in total. The van der Waals surface area contributed by atoms with Gasteiger partial charge in [-0.1, -0.05) is 6.92 Å². The highest BCUT2D eigenvalue weighted by Crippen LogP contribution is 2.18. The van der Waals surface area contributed by atoms with E-state index in [2.05, 4.69) is 17.6 Å². The summed E-state index contributed by atoms with van der Waals surface area (Å²) < 4.78 is 5.51. The smallest absolute Gasteiger partial charge is 0.228 e. The topological polar surface area (TPSA) is 50.4 Å². The van der Waals surface area contributed by atoms with Gasteiger partial charge in [-0.15, -0.1) is 0 Å². The summed E-state index contributed by atoms with van der Waals surface area (Å²) in [4.78, 5) is 12.0. The van der Waals surface area contributed by atoms with Gasteiger partial charge in [0.05, 0.1) is 12.5 Å². The van der Waals surface area contributed by atoms with Crippen LogP contribution in [-0.2, 0) is 4.79 Å². The van der Waals surface area contributed by atoms with E-state index in [1.54, 1.807) is 0 Å². The first-order valence-corrected chi connectivity index (χ1v) is 7.04. The third-order valence-corrected chi connectivity index (χ3v) is 3.26. The van der Waals surface area contributed by atoms with Crippen LogP contribution in [0, 0.1) is 5.92 Å². The van der Waals surface area contributed by atoms with Gasteiger partial charge in [0.1, 0.15) is 5.75 Å². The van der Waals surface area contributed by atoms with Gasteiger partial charge in [0, 0.05) is 12.2 Å². The number of benzene rings is 1. The second-order valence-corrected chi connectivity index (χ2v) is 4.91. The molecule has 2 N–H and O–H groups in total. The third kappa shape index (κ3) is 4.24. The van der Waals surface area contributed by atoms with Crippen molar-refractivity contribution in [3.05, 3.63) is 24.3 Å². The molecule has 1 fully saturated rings. The number of ether oxygens (including phenoxy) is 1. The number of piperidine rings is 1. The van der Waals surface area contributed by atoms with Crippen LogP contribution in [0.3, 0.4) is 0 Å². The molecule has 4 heteroatoms. The summed E-state index contributed by atoms with van der Waals surface area (Å²) in [6.07, 6.45) is 3.03. The molecule has 0 aliphatic carbocycles. The Hall–Kier alpha value is -1.55. The third-order valence-electron chi connectivity index (χ3n) is 3.26. The highest BCUT2D eigenvalue weighted by Gasteiger charge is 2.20. The highest BCUT2D eigenvalue weighted by atomic mass is 16.5. The maximum atomic E-state index is 12.0. The second kappa shape index (κ2) is 7.14. The predicted octanol–water partition coefficient (Wildman–Crippen LogP) is 2.41. The van der Waals surface area contributed by atoms with Crippen molar-refractivity contribution in [3.8, 4) is 5.75 Å². The van der Waals surface area contributed by atoms with Crippen molar-refractivity contribution in [1.82, 2.24) is 5.32 Å². The van der Waals surface area contributed by atoms with Crippen molar-refractivity contribution in [3.63, 3.8) is 0 Å². The summed E-state index contributed by atoms with van der Waals surface area (Å²) >= 11 is 0. The summed E-state index contributed by atoms with van der Waals surface area (Å²) in [7, 11) is 0. The summed E-state index contributed by atoms with van der Waals surface area (Å²) in [6, 6.07) is 7.56. The fourth-order valence-corrected chi connectivity index (χ4v) is 2.17. The Bertz CT molecular complexity index is 397. The number of nitrogens with one attached hydrogen (secondary N) is 2. The minimum atomic E-state index is 0.0877. The van der Waals surface area contributed by atoms with Crippen LogP contribution in [0.5, 0.6) is 5.75 Å². The van der Waals surface area contributed by atoms with E-state index in [1.807, 2.05) is 24.3 Å². The maximum Gasteiger partial charge on any atom is 0.228 e. The quantitative estimate of drug-likeness (QED) is 0.856. The van der Waals surface area contributed by atoms with Crippen LogP contribution in [0.1, 0.15) is 26.2 Å². The van der Waals surface area contributed by atoms with E-state index in [0.29, 0.717) is 0 Å². The maximum absolute atomic E-state index is 12.0. The van der Waals surface area contributed by atoms with Crippen LogP contribution in [-0.4, -0.2) is 25.6 Å². The van der Waals surface area contributed by atoms with Crippen LogP contribution >= 0.6 is 0 Å². The fourth-order valence-electron chi connectivity index (χ4n) is 2.17. The number of hydrogen-bond donors (Lipinski definition) is 2. The molecule has 0 unspecified atom stereocenters. The van der Waals surface area contributed by atoms with Gasteiger partial charge in [-0.2, -0.15) is 0 Å². The van der Waals surface area contributed by atoms with Crippen molar-refractivity contribution in [2.45, 2.75) is 26.2 Å². The van der Waals surface area contributed by atoms with Crippen LogP contribution < -0.4 is 15.4 Å². The second-order valence-electron chi connectivity index (χ2n) is 4.91. The Kier molecular flexibility index (Phi) is 5.21. The number of carbonyl (C=O) groups excluding carboxylic acids is 1. The van der Waals surface area contributed by atoms with E-state index in [-0.39, 0.29) is 11.8 Å². The average Bonchev–Trinajstić information content (AvgIpc) is 2.47. The van der Waals surface area contributed by atoms with E-state index < -0.39 is 0 Å². The largest absolute Gasteiger partial charge is 0.494 e. The number of hydrogen-bond acceptors (Lipinski definition) is 3. The Morgan fingerprint density at radius 1 is 1.42 bits per heavy atom. The van der Waals surface area contributed by atoms with Gasteiger partial charge in [0.2, 0.25) is 5.91 Å². The minimum absolute atomic E-state index is 0.0877. The average molecular weight is 262 g/mol. The molecule has 0 radical (unpaired) electrons. The summed E-state index contributed by atoms with van der Waals surface area (Å²) in [5, 5.41) is 6.21. The van der Waals surface area contributed by atoms with Crippen LogP contribution in [0.2, 0.25) is 0 Å². The molecule has 2 rings (SSSR count). The molecule has 1 aliphatic rings. The molecule has 0 bridgehead atoms. The lowest BCUT2D eigenvalue weighted by Crippen LogP contribution is -2.37. The first-order chi connectivity index (χ1) is 9.29. The lowest BCUT2D eigenvalue weighted by molar-refractivity contribution is -0.120. The molecular formula is C15H22N2O2. The standard InChI is InChI=1S/C15H22N2O2/c1-2-10-19-14-7-5-13(6-8-14)17-15(18)12-4-3-9-16-11-12/h5-8,12,16H,2-4,9-11H2,1H3,(H,17,18)/t12-/m1/s1. The SMILES string of the molecule is CCCOc1ccc(NC(=O)[C@@H]2CCCNC2)cc1. The molecule has 1 heterocycles. The summed E-state index contributed by atoms with van der Waals surface area (Å²) in [6.45, 7) is 4.60. The predicted molar refractivity (Wildman–Crippen MR) is 76.5 cm³/mol. The van der Waals surface area contributed by atoms with Crippen LogP contribution in [0.15, 0.2) is 24.3 Å². The Morgan fingerprint density at radius 3 is 2.84 bits per heavy atom. The normalized spacial score (nSPS) is 18.9. The molecule has 19 heavy (non-hydrogen) atoms. The van der Waals surface area contributed by atoms with E-state index in [9.17, 15) is 4.79 Å². The first kappa shape index (κ1) is 13.9. The molecule has 0 spiro atoms. The summed E-state index contributed by atoms with van der Waals surface area (Å²) in [5.74, 6) is 1.04. The molecule has 0 aromatic heterocycles. The molecule has 1 aromatic rings. The molecule has 1 atom stereocenters. The van der Waals surface area contributed by atoms with E-state index in [1.165, 1.54) is 0 Å². The Labute approximate surface area is 114 Å². The fraction of sp³-hybridized carbons (Fsp3) is 0.533. The highest BCUT2D eigenvalue weighted by molar-refractivity contribution is 5.92. The van der Waals surface area contributed by atoms with Gasteiger partial charge < -0.3 is 15.4 Å². The lowest BCUT2D eigenvalue weighted by atomic mass is 9.99. The van der Waals surface area contributed by atoms with Crippen LogP contribution in [0.25, 0.3) is 0 Å². The van der Waals surface area contributed by atoms with Gasteiger partial charge >= 0.3 is 0 Å². The van der Waals surface area contributed by atoms with Gasteiger partial charge in [-0.3, -0.25) is 4.79 Å². The number of carbonyl (C=O) groups is 1. The number of rotatable bonds is 5. The molecule has 0 saturated carbocycles. The monoisotopic (exact) mass is 262 g/mol. The first-order valence-electron chi connectivity index (χ1n) is 7.04. The molecule has 1 amide bonds. The number of amides is 1. The van der Waals surface area contributed by atoms with Crippen molar-refractivity contribution < 1.29 is 9.53 Å². The van der Waals surface area contributed by atoms with Gasteiger partial charge in [-0.05, 0) is 50.1 Å². The Morgan fingerprint density at radius 2 is 2.21 bits per heavy atom. The zero-order valence-corrected chi connectivity index (χ0v) is 11.4. The van der Waals surface area contributed by atoms with Crippen molar-refractivity contribution in [2.24, 2.45) is 5.92 Å². The zero-order chi connectivity index (χ0) is 13.5. The van der Waals surface area contributed by atoms with E-state index in [4.69, 9.17) is 4.74 Å². The molecule has 1 saturated heterocycles. The molecular weight excluding hydrogens is 240 g/mol. The molecule has 1 aliphatic heterocycles. The van der Waals surface area contributed by atoms with Crippen molar-refractivity contribution >= 4 is 11.6 Å². The van der Waals surface area contributed by atoms with E-state index >= 15 is 0 Å². The van der Waals surface area contributed by atoms with Gasteiger partial charge in [-0.25, -0.2) is 0 Å². The van der Waals surface area contributed by atoms with Crippen molar-refractivity contribution in [1.29, 1.82) is 0 Å². The number of anilines is 1. The van der Waals surface area contributed by atoms with Crippen molar-refractivity contribution in [2.75, 3.05) is 25.0 Å². The summed E-state index contributed by atoms with van der Waals surface area (Å²) in [5.41, 5.74) is 0.833. The zero-order valence-electron chi connectivity index (χ0n) is 11.4. The Balaban J connectivity index is 1.86. The van der Waals surface area contributed by atoms with Gasteiger partial charge in [0.25, 0.3) is 0 Å². The van der Waals surface area contributed by atoms with E-state index in [0.717, 1.165) is 50.4 Å². The lowest BCUT2D eigenvalue weighted by Gasteiger charge is -2.21.